The molecule has 1 saturated heterocycles. The zero-order chi connectivity index (χ0) is 15.5. The van der Waals surface area contributed by atoms with Gasteiger partial charge in [0.05, 0.1) is 5.75 Å². The predicted octanol–water partition coefficient (Wildman–Crippen LogP) is 2.56. The molecule has 1 aliphatic rings. The summed E-state index contributed by atoms with van der Waals surface area (Å²) >= 11 is 1.61. The maximum Gasteiger partial charge on any atom is 0.248 e. The number of carbonyl (C=O) groups excluding carboxylic acids is 2. The topological polar surface area (TPSA) is 63.4 Å². The summed E-state index contributed by atoms with van der Waals surface area (Å²) in [6, 6.07) is 17.1. The van der Waals surface area contributed by atoms with Gasteiger partial charge in [-0.3, -0.25) is 9.59 Å². The van der Waals surface area contributed by atoms with Crippen LogP contribution < -0.4 is 5.73 Å². The summed E-state index contributed by atoms with van der Waals surface area (Å²) in [7, 11) is 0. The largest absolute Gasteiger partial charge is 0.366 e. The molecule has 4 nitrogen and oxygen atoms in total. The summed E-state index contributed by atoms with van der Waals surface area (Å²) in [5.74, 6) is 0.176. The van der Waals surface area contributed by atoms with Crippen LogP contribution in [0.3, 0.4) is 0 Å². The van der Waals surface area contributed by atoms with Gasteiger partial charge in [-0.15, -0.1) is 11.8 Å². The minimum absolute atomic E-state index is 0.0189. The van der Waals surface area contributed by atoms with E-state index in [1.165, 1.54) is 0 Å². The second kappa shape index (κ2) is 6.23. The summed E-state index contributed by atoms with van der Waals surface area (Å²) in [6.07, 6.45) is 0. The number of thioether (sulfide) groups is 1. The highest BCUT2D eigenvalue weighted by molar-refractivity contribution is 8.00. The Hall–Kier alpha value is -2.27. The predicted molar refractivity (Wildman–Crippen MR) is 87.2 cm³/mol. The van der Waals surface area contributed by atoms with Crippen molar-refractivity contribution in [3.63, 3.8) is 0 Å². The monoisotopic (exact) mass is 312 g/mol. The third-order valence-electron chi connectivity index (χ3n) is 3.64. The number of benzene rings is 2. The molecule has 5 heteroatoms. The van der Waals surface area contributed by atoms with Gasteiger partial charge >= 0.3 is 0 Å². The third kappa shape index (κ3) is 2.99. The van der Waals surface area contributed by atoms with Gasteiger partial charge in [0.25, 0.3) is 0 Å². The Balaban J connectivity index is 1.82. The lowest BCUT2D eigenvalue weighted by atomic mass is 10.1. The molecule has 112 valence electrons. The van der Waals surface area contributed by atoms with Crippen LogP contribution in [0, 0.1) is 0 Å². The first-order valence-corrected chi connectivity index (χ1v) is 8.05. The van der Waals surface area contributed by atoms with E-state index in [1.807, 2.05) is 47.4 Å². The van der Waals surface area contributed by atoms with E-state index >= 15 is 0 Å². The number of nitrogens with zero attached hydrogens (tertiary/aromatic N) is 1. The van der Waals surface area contributed by atoms with Crippen molar-refractivity contribution in [2.45, 2.75) is 11.9 Å². The Kier molecular flexibility index (Phi) is 4.15. The van der Waals surface area contributed by atoms with Crippen LogP contribution in [-0.4, -0.2) is 22.5 Å². The second-order valence-corrected chi connectivity index (χ2v) is 6.23. The zero-order valence-corrected chi connectivity index (χ0v) is 12.8. The van der Waals surface area contributed by atoms with E-state index in [0.29, 0.717) is 17.9 Å². The van der Waals surface area contributed by atoms with Gasteiger partial charge in [0.15, 0.2) is 0 Å². The van der Waals surface area contributed by atoms with E-state index in [9.17, 15) is 9.59 Å². The average molecular weight is 312 g/mol. The minimum Gasteiger partial charge on any atom is -0.366 e. The first-order valence-electron chi connectivity index (χ1n) is 7.00. The molecular weight excluding hydrogens is 296 g/mol. The van der Waals surface area contributed by atoms with Crippen LogP contribution in [0.5, 0.6) is 0 Å². The van der Waals surface area contributed by atoms with Crippen LogP contribution in [0.2, 0.25) is 0 Å². The summed E-state index contributed by atoms with van der Waals surface area (Å²) in [5, 5.41) is -0.0189. The van der Waals surface area contributed by atoms with E-state index < -0.39 is 5.91 Å². The third-order valence-corrected chi connectivity index (χ3v) is 4.90. The van der Waals surface area contributed by atoms with E-state index in [2.05, 4.69) is 0 Å². The first-order chi connectivity index (χ1) is 10.6. The van der Waals surface area contributed by atoms with Crippen molar-refractivity contribution in [1.82, 2.24) is 4.90 Å². The van der Waals surface area contributed by atoms with Crippen molar-refractivity contribution < 1.29 is 9.59 Å². The van der Waals surface area contributed by atoms with Crippen molar-refractivity contribution in [2.24, 2.45) is 5.73 Å². The number of hydrogen-bond acceptors (Lipinski definition) is 3. The maximum atomic E-state index is 12.2. The van der Waals surface area contributed by atoms with Crippen molar-refractivity contribution in [3.05, 3.63) is 71.3 Å². The molecule has 0 bridgehead atoms. The molecule has 2 aromatic rings. The van der Waals surface area contributed by atoms with Gasteiger partial charge in [-0.05, 0) is 23.3 Å². The molecule has 0 spiro atoms. The fourth-order valence-electron chi connectivity index (χ4n) is 2.49. The molecule has 1 heterocycles. The highest BCUT2D eigenvalue weighted by atomic mass is 32.2. The molecule has 1 fully saturated rings. The molecule has 0 unspecified atom stereocenters. The lowest BCUT2D eigenvalue weighted by Crippen LogP contribution is -2.27. The average Bonchev–Trinajstić information content (AvgIpc) is 2.89. The van der Waals surface area contributed by atoms with E-state index in [4.69, 9.17) is 5.73 Å². The fourth-order valence-corrected chi connectivity index (χ4v) is 3.68. The fraction of sp³-hybridized carbons (Fsp3) is 0.176. The number of hydrogen-bond donors (Lipinski definition) is 1. The number of amides is 2. The van der Waals surface area contributed by atoms with Crippen LogP contribution in [0.4, 0.5) is 0 Å². The number of carbonyl (C=O) groups is 2. The number of rotatable bonds is 4. The van der Waals surface area contributed by atoms with Crippen LogP contribution in [0.15, 0.2) is 54.6 Å². The van der Waals surface area contributed by atoms with Gasteiger partial charge in [-0.25, -0.2) is 0 Å². The summed E-state index contributed by atoms with van der Waals surface area (Å²) in [4.78, 5) is 25.2. The van der Waals surface area contributed by atoms with Crippen LogP contribution >= 0.6 is 11.8 Å². The first kappa shape index (κ1) is 14.7. The summed E-state index contributed by atoms with van der Waals surface area (Å²) < 4.78 is 0. The molecule has 1 aliphatic heterocycles. The molecule has 0 saturated carbocycles. The van der Waals surface area contributed by atoms with Gasteiger partial charge in [-0.2, -0.15) is 0 Å². The SMILES string of the molecule is NC(=O)c1ccc([C@@H]2SCC(=O)N2Cc2ccccc2)cc1. The minimum atomic E-state index is -0.442. The van der Waals surface area contributed by atoms with Gasteiger partial charge in [0, 0.05) is 12.1 Å². The Morgan fingerprint density at radius 2 is 1.82 bits per heavy atom. The van der Waals surface area contributed by atoms with E-state index in [-0.39, 0.29) is 11.3 Å². The van der Waals surface area contributed by atoms with Gasteiger partial charge in [-0.1, -0.05) is 42.5 Å². The van der Waals surface area contributed by atoms with Crippen LogP contribution in [0.1, 0.15) is 26.9 Å². The number of nitrogens with two attached hydrogens (primary N) is 1. The van der Waals surface area contributed by atoms with Crippen LogP contribution in [0.25, 0.3) is 0 Å². The Morgan fingerprint density at radius 3 is 2.45 bits per heavy atom. The van der Waals surface area contributed by atoms with E-state index in [0.717, 1.165) is 11.1 Å². The molecule has 2 N–H and O–H groups in total. The highest BCUT2D eigenvalue weighted by Crippen LogP contribution is 2.39. The number of primary amides is 1. The van der Waals surface area contributed by atoms with Crippen molar-refractivity contribution in [2.75, 3.05) is 5.75 Å². The Bertz CT molecular complexity index is 686. The molecule has 2 aromatic carbocycles. The van der Waals surface area contributed by atoms with Gasteiger partial charge in [0.2, 0.25) is 11.8 Å². The molecule has 1 atom stereocenters. The highest BCUT2D eigenvalue weighted by Gasteiger charge is 2.32. The summed E-state index contributed by atoms with van der Waals surface area (Å²) in [6.45, 7) is 0.592. The standard InChI is InChI=1S/C17H16N2O2S/c18-16(21)13-6-8-14(9-7-13)17-19(15(20)11-22-17)10-12-4-2-1-3-5-12/h1-9,17H,10-11H2,(H2,18,21)/t17-/m0/s1. The zero-order valence-electron chi connectivity index (χ0n) is 11.9. The smallest absolute Gasteiger partial charge is 0.248 e. The molecule has 3 rings (SSSR count). The van der Waals surface area contributed by atoms with Crippen LogP contribution in [-0.2, 0) is 11.3 Å². The molecule has 0 radical (unpaired) electrons. The Morgan fingerprint density at radius 1 is 1.14 bits per heavy atom. The molecule has 22 heavy (non-hydrogen) atoms. The maximum absolute atomic E-state index is 12.2. The van der Waals surface area contributed by atoms with Crippen molar-refractivity contribution in [1.29, 1.82) is 0 Å². The van der Waals surface area contributed by atoms with Crippen molar-refractivity contribution in [3.8, 4) is 0 Å². The van der Waals surface area contributed by atoms with Gasteiger partial charge in [0.1, 0.15) is 5.37 Å². The summed E-state index contributed by atoms with van der Waals surface area (Å²) in [5.41, 5.74) is 7.86. The normalized spacial score (nSPS) is 17.7. The molecule has 0 aromatic heterocycles. The van der Waals surface area contributed by atoms with Gasteiger partial charge < -0.3 is 10.6 Å². The molecule has 2 amide bonds. The lowest BCUT2D eigenvalue weighted by molar-refractivity contribution is -0.128. The molecular formula is C17H16N2O2S. The second-order valence-electron chi connectivity index (χ2n) is 5.16. The van der Waals surface area contributed by atoms with E-state index in [1.54, 1.807) is 23.9 Å². The lowest BCUT2D eigenvalue weighted by Gasteiger charge is -2.24. The quantitative estimate of drug-likeness (QED) is 0.943. The van der Waals surface area contributed by atoms with Crippen molar-refractivity contribution >= 4 is 23.6 Å². The molecule has 0 aliphatic carbocycles. The Labute approximate surface area is 133 Å².